The van der Waals surface area contributed by atoms with Gasteiger partial charge in [-0.2, -0.15) is 10.4 Å². The number of imidazole rings is 1. The van der Waals surface area contributed by atoms with Crippen molar-refractivity contribution in [3.05, 3.63) is 58.5 Å². The van der Waals surface area contributed by atoms with Crippen molar-refractivity contribution in [3.63, 3.8) is 0 Å². The molecule has 8 nitrogen and oxygen atoms in total. The quantitative estimate of drug-likeness (QED) is 0.582. The van der Waals surface area contributed by atoms with E-state index in [1.54, 1.807) is 47.6 Å². The Hall–Kier alpha value is -3.22. The fourth-order valence-corrected chi connectivity index (χ4v) is 3.41. The highest BCUT2D eigenvalue weighted by molar-refractivity contribution is 6.32. The number of benzene rings is 1. The monoisotopic (exact) mass is 444 g/mol. The molecular weight excluding hydrogens is 423 g/mol. The predicted molar refractivity (Wildman–Crippen MR) is 113 cm³/mol. The number of aryl methyl sites for hydroxylation is 1. The lowest BCUT2D eigenvalue weighted by molar-refractivity contribution is 0.0931. The molecule has 0 aliphatic rings. The van der Waals surface area contributed by atoms with Crippen molar-refractivity contribution in [1.82, 2.24) is 24.6 Å². The second-order valence-corrected chi connectivity index (χ2v) is 7.81. The summed E-state index contributed by atoms with van der Waals surface area (Å²) in [5.41, 5.74) is 1.02. The van der Waals surface area contributed by atoms with Crippen LogP contribution in [0.3, 0.4) is 0 Å². The zero-order valence-electron chi connectivity index (χ0n) is 17.3. The van der Waals surface area contributed by atoms with Crippen LogP contribution in [0.4, 0.5) is 4.39 Å². The topological polar surface area (TPSA) is 109 Å². The predicted octanol–water partition coefficient (Wildman–Crippen LogP) is 2.92. The number of aliphatic hydroxyl groups is 1. The summed E-state index contributed by atoms with van der Waals surface area (Å²) in [5, 5.41) is 25.7. The standard InChI is InChI=1S/C21H22ClFN6O2/c1-12(25-21(31)20-11-28(10-13(2)30)14(3)26-20)9-29-5-4-19(27-29)15-6-17(22)16(8-24)18(23)7-15/h4-7,11-13,30H,9-10H2,1-3H3,(H,25,31)/t12?,13-/m0/s1. The molecule has 1 amide bonds. The lowest BCUT2D eigenvalue weighted by Crippen LogP contribution is -2.36. The molecule has 0 aliphatic carbocycles. The van der Waals surface area contributed by atoms with E-state index in [0.29, 0.717) is 30.2 Å². The molecule has 0 saturated heterocycles. The number of aliphatic hydroxyl groups excluding tert-OH is 1. The molecule has 162 valence electrons. The number of nitriles is 1. The second-order valence-electron chi connectivity index (χ2n) is 7.40. The van der Waals surface area contributed by atoms with Gasteiger partial charge in [-0.3, -0.25) is 9.48 Å². The van der Waals surface area contributed by atoms with E-state index in [9.17, 15) is 14.3 Å². The Morgan fingerprint density at radius 1 is 1.39 bits per heavy atom. The first-order chi connectivity index (χ1) is 14.7. The van der Waals surface area contributed by atoms with E-state index in [-0.39, 0.29) is 28.2 Å². The maximum Gasteiger partial charge on any atom is 0.271 e. The number of aromatic nitrogens is 4. The van der Waals surface area contributed by atoms with Crippen LogP contribution in [0.1, 0.15) is 35.7 Å². The molecule has 31 heavy (non-hydrogen) atoms. The van der Waals surface area contributed by atoms with E-state index in [1.165, 1.54) is 12.1 Å². The van der Waals surface area contributed by atoms with E-state index in [0.717, 1.165) is 0 Å². The second kappa shape index (κ2) is 9.29. The summed E-state index contributed by atoms with van der Waals surface area (Å²) in [6.45, 7) is 6.01. The molecule has 0 saturated carbocycles. The molecule has 0 radical (unpaired) electrons. The van der Waals surface area contributed by atoms with E-state index in [1.807, 2.05) is 6.92 Å². The van der Waals surface area contributed by atoms with E-state index in [2.05, 4.69) is 15.4 Å². The zero-order chi connectivity index (χ0) is 22.7. The zero-order valence-corrected chi connectivity index (χ0v) is 18.1. The molecule has 0 aliphatic heterocycles. The number of carbonyl (C=O) groups is 1. The van der Waals surface area contributed by atoms with Gasteiger partial charge in [0.15, 0.2) is 0 Å². The molecular formula is C21H22ClFN6O2. The molecule has 2 N–H and O–H groups in total. The van der Waals surface area contributed by atoms with E-state index >= 15 is 0 Å². The van der Waals surface area contributed by atoms with Gasteiger partial charge < -0.3 is 15.0 Å². The summed E-state index contributed by atoms with van der Waals surface area (Å²) < 4.78 is 17.4. The van der Waals surface area contributed by atoms with Crippen molar-refractivity contribution in [1.29, 1.82) is 5.26 Å². The minimum atomic E-state index is -0.703. The lowest BCUT2D eigenvalue weighted by atomic mass is 10.1. The Bertz CT molecular complexity index is 1120. The Kier molecular flexibility index (Phi) is 6.73. The number of amides is 1. The highest BCUT2D eigenvalue weighted by Gasteiger charge is 2.17. The lowest BCUT2D eigenvalue weighted by Gasteiger charge is -2.13. The van der Waals surface area contributed by atoms with Crippen molar-refractivity contribution < 1.29 is 14.3 Å². The van der Waals surface area contributed by atoms with Gasteiger partial charge in [0.25, 0.3) is 5.91 Å². The first-order valence-electron chi connectivity index (χ1n) is 9.63. The normalized spacial score (nSPS) is 12.9. The molecule has 1 unspecified atom stereocenters. The smallest absolute Gasteiger partial charge is 0.271 e. The van der Waals surface area contributed by atoms with Crippen molar-refractivity contribution in [2.24, 2.45) is 0 Å². The molecule has 0 bridgehead atoms. The minimum absolute atomic E-state index is 0.0259. The van der Waals surface area contributed by atoms with Crippen molar-refractivity contribution in [3.8, 4) is 17.3 Å². The van der Waals surface area contributed by atoms with Crippen molar-refractivity contribution >= 4 is 17.5 Å². The van der Waals surface area contributed by atoms with Gasteiger partial charge in [-0.25, -0.2) is 9.37 Å². The van der Waals surface area contributed by atoms with Crippen LogP contribution in [0.15, 0.2) is 30.6 Å². The van der Waals surface area contributed by atoms with Gasteiger partial charge >= 0.3 is 0 Å². The average molecular weight is 445 g/mol. The Labute approximate surface area is 183 Å². The molecule has 2 heterocycles. The molecule has 1 aromatic carbocycles. The van der Waals surface area contributed by atoms with E-state index < -0.39 is 11.9 Å². The number of nitrogens with zero attached hydrogens (tertiary/aromatic N) is 5. The molecule has 2 atom stereocenters. The number of halogens is 2. The van der Waals surface area contributed by atoms with Crippen molar-refractivity contribution in [2.75, 3.05) is 0 Å². The van der Waals surface area contributed by atoms with Gasteiger partial charge in [0.1, 0.15) is 29.0 Å². The van der Waals surface area contributed by atoms with E-state index in [4.69, 9.17) is 16.9 Å². The Morgan fingerprint density at radius 3 is 2.77 bits per heavy atom. The van der Waals surface area contributed by atoms with Gasteiger partial charge in [0, 0.05) is 30.5 Å². The maximum absolute atomic E-state index is 14.0. The summed E-state index contributed by atoms with van der Waals surface area (Å²) in [4.78, 5) is 16.7. The van der Waals surface area contributed by atoms with Gasteiger partial charge in [-0.15, -0.1) is 0 Å². The largest absolute Gasteiger partial charge is 0.392 e. The van der Waals surface area contributed by atoms with Gasteiger partial charge in [-0.05, 0) is 39.0 Å². The highest BCUT2D eigenvalue weighted by atomic mass is 35.5. The van der Waals surface area contributed by atoms with Crippen LogP contribution in [-0.2, 0) is 13.1 Å². The van der Waals surface area contributed by atoms with Crippen molar-refractivity contribution in [2.45, 2.75) is 46.0 Å². The molecule has 2 aromatic heterocycles. The average Bonchev–Trinajstić information content (AvgIpc) is 3.28. The number of carbonyl (C=O) groups excluding carboxylic acids is 1. The summed E-state index contributed by atoms with van der Waals surface area (Å²) in [7, 11) is 0. The number of rotatable bonds is 7. The number of nitrogens with one attached hydrogen (secondary N) is 1. The first-order valence-corrected chi connectivity index (χ1v) is 10.0. The molecule has 3 rings (SSSR count). The SMILES string of the molecule is Cc1nc(C(=O)NC(C)Cn2ccc(-c3cc(F)c(C#N)c(Cl)c3)n2)cn1C[C@H](C)O. The highest BCUT2D eigenvalue weighted by Crippen LogP contribution is 2.26. The van der Waals surface area contributed by atoms with Crippen LogP contribution in [0.25, 0.3) is 11.3 Å². The third-order valence-electron chi connectivity index (χ3n) is 4.60. The van der Waals surface area contributed by atoms with Crippen LogP contribution >= 0.6 is 11.6 Å². The number of hydrogen-bond donors (Lipinski definition) is 2. The summed E-state index contributed by atoms with van der Waals surface area (Å²) in [6.07, 6.45) is 2.78. The van der Waals surface area contributed by atoms with Gasteiger partial charge in [0.2, 0.25) is 0 Å². The fourth-order valence-electron chi connectivity index (χ4n) is 3.16. The summed E-state index contributed by atoms with van der Waals surface area (Å²) in [6, 6.07) is 5.88. The molecule has 0 spiro atoms. The Morgan fingerprint density at radius 2 is 2.13 bits per heavy atom. The first kappa shape index (κ1) is 22.5. The van der Waals surface area contributed by atoms with Gasteiger partial charge in [0.05, 0.1) is 23.4 Å². The number of hydrogen-bond acceptors (Lipinski definition) is 5. The summed E-state index contributed by atoms with van der Waals surface area (Å²) in [5.74, 6) is -0.387. The third-order valence-corrected chi connectivity index (χ3v) is 4.90. The molecule has 0 fully saturated rings. The third kappa shape index (κ3) is 5.29. The maximum atomic E-state index is 14.0. The van der Waals surface area contributed by atoms with Crippen LogP contribution in [0, 0.1) is 24.1 Å². The van der Waals surface area contributed by atoms with Crippen LogP contribution in [-0.4, -0.2) is 42.5 Å². The fraction of sp³-hybridized carbons (Fsp3) is 0.333. The van der Waals surface area contributed by atoms with Crippen LogP contribution < -0.4 is 5.32 Å². The minimum Gasteiger partial charge on any atom is -0.392 e. The van der Waals surface area contributed by atoms with Crippen LogP contribution in [0.2, 0.25) is 5.02 Å². The molecule has 3 aromatic rings. The van der Waals surface area contributed by atoms with Gasteiger partial charge in [-0.1, -0.05) is 11.6 Å². The van der Waals surface area contributed by atoms with Crippen LogP contribution in [0.5, 0.6) is 0 Å². The molecule has 10 heteroatoms. The summed E-state index contributed by atoms with van der Waals surface area (Å²) >= 11 is 5.97. The Balaban J connectivity index is 1.66.